The zero-order valence-electron chi connectivity index (χ0n) is 17.3. The quantitative estimate of drug-likeness (QED) is 0.448. The van der Waals surface area contributed by atoms with Crippen molar-refractivity contribution in [3.8, 4) is 0 Å². The Morgan fingerprint density at radius 1 is 0.875 bits per heavy atom. The molecule has 0 radical (unpaired) electrons. The first-order chi connectivity index (χ1) is 15.3. The highest BCUT2D eigenvalue weighted by atomic mass is 35.5. The van der Waals surface area contributed by atoms with E-state index in [1.807, 2.05) is 6.92 Å². The predicted molar refractivity (Wildman–Crippen MR) is 126 cm³/mol. The Bertz CT molecular complexity index is 1230. The smallest absolute Gasteiger partial charge is 0.261 e. The first-order valence-corrected chi connectivity index (χ1v) is 11.7. The van der Waals surface area contributed by atoms with Crippen molar-refractivity contribution >= 4 is 44.8 Å². The van der Waals surface area contributed by atoms with Gasteiger partial charge in [-0.2, -0.15) is 0 Å². The Hall–Kier alpha value is -3.36. The minimum Gasteiger partial charge on any atom is -0.352 e. The number of benzene rings is 3. The van der Waals surface area contributed by atoms with E-state index in [0.717, 1.165) is 6.42 Å². The standard InChI is InChI=1S/C23H22ClN3O4S/c1-2-13-25-23(29)20-12-11-17(15-21(20)24)26-22(28)16-7-6-8-18(14-16)27-32(30,31)19-9-4-3-5-10-19/h3-12,14-15,27H,2,13H2,1H3,(H,25,29)(H,26,28). The van der Waals surface area contributed by atoms with Crippen LogP contribution in [0.4, 0.5) is 11.4 Å². The highest BCUT2D eigenvalue weighted by Crippen LogP contribution is 2.22. The van der Waals surface area contributed by atoms with Gasteiger partial charge in [0, 0.05) is 23.5 Å². The molecule has 166 valence electrons. The summed E-state index contributed by atoms with van der Waals surface area (Å²) in [6, 6.07) is 18.7. The lowest BCUT2D eigenvalue weighted by Gasteiger charge is -2.11. The molecule has 0 aliphatic rings. The second-order valence-electron chi connectivity index (χ2n) is 6.90. The van der Waals surface area contributed by atoms with Crippen LogP contribution in [0, 0.1) is 0 Å². The van der Waals surface area contributed by atoms with Gasteiger partial charge in [0.15, 0.2) is 0 Å². The third kappa shape index (κ3) is 5.87. The molecule has 0 unspecified atom stereocenters. The van der Waals surface area contributed by atoms with Crippen molar-refractivity contribution in [2.75, 3.05) is 16.6 Å². The van der Waals surface area contributed by atoms with Gasteiger partial charge in [-0.15, -0.1) is 0 Å². The van der Waals surface area contributed by atoms with Crippen LogP contribution < -0.4 is 15.4 Å². The summed E-state index contributed by atoms with van der Waals surface area (Å²) in [6.07, 6.45) is 0.804. The van der Waals surface area contributed by atoms with Gasteiger partial charge in [0.2, 0.25) is 0 Å². The summed E-state index contributed by atoms with van der Waals surface area (Å²) in [5.41, 5.74) is 1.22. The van der Waals surface area contributed by atoms with Crippen LogP contribution in [-0.2, 0) is 10.0 Å². The molecule has 2 amide bonds. The number of carbonyl (C=O) groups excluding carboxylic acids is 2. The Morgan fingerprint density at radius 3 is 2.31 bits per heavy atom. The van der Waals surface area contributed by atoms with E-state index in [1.54, 1.807) is 42.5 Å². The van der Waals surface area contributed by atoms with Crippen molar-refractivity contribution in [2.24, 2.45) is 0 Å². The lowest BCUT2D eigenvalue weighted by atomic mass is 10.1. The normalized spacial score (nSPS) is 10.9. The first kappa shape index (κ1) is 23.3. The zero-order chi connectivity index (χ0) is 23.1. The molecule has 9 heteroatoms. The number of sulfonamides is 1. The van der Waals surface area contributed by atoms with Gasteiger partial charge < -0.3 is 10.6 Å². The Morgan fingerprint density at radius 2 is 1.62 bits per heavy atom. The van der Waals surface area contributed by atoms with E-state index in [-0.39, 0.29) is 27.1 Å². The number of hydrogen-bond acceptors (Lipinski definition) is 4. The van der Waals surface area contributed by atoms with Crippen molar-refractivity contribution in [1.82, 2.24) is 5.32 Å². The number of anilines is 2. The molecule has 0 spiro atoms. The van der Waals surface area contributed by atoms with Crippen LogP contribution in [0.3, 0.4) is 0 Å². The van der Waals surface area contributed by atoms with Gasteiger partial charge in [-0.1, -0.05) is 42.8 Å². The molecule has 0 bridgehead atoms. The van der Waals surface area contributed by atoms with Crippen LogP contribution in [0.15, 0.2) is 77.7 Å². The number of nitrogens with one attached hydrogen (secondary N) is 3. The van der Waals surface area contributed by atoms with Gasteiger partial charge in [0.25, 0.3) is 21.8 Å². The molecule has 0 aliphatic carbocycles. The van der Waals surface area contributed by atoms with Crippen molar-refractivity contribution < 1.29 is 18.0 Å². The van der Waals surface area contributed by atoms with E-state index < -0.39 is 15.9 Å². The van der Waals surface area contributed by atoms with Gasteiger partial charge in [-0.25, -0.2) is 8.42 Å². The maximum atomic E-state index is 12.7. The fraction of sp³-hybridized carbons (Fsp3) is 0.130. The number of rotatable bonds is 8. The minimum atomic E-state index is -3.78. The first-order valence-electron chi connectivity index (χ1n) is 9.87. The topological polar surface area (TPSA) is 104 Å². The Balaban J connectivity index is 1.72. The monoisotopic (exact) mass is 471 g/mol. The molecular formula is C23H22ClN3O4S. The summed E-state index contributed by atoms with van der Waals surface area (Å²) < 4.78 is 27.5. The second-order valence-corrected chi connectivity index (χ2v) is 8.99. The Labute approximate surface area is 191 Å². The zero-order valence-corrected chi connectivity index (χ0v) is 18.8. The molecule has 0 aliphatic heterocycles. The van der Waals surface area contributed by atoms with Crippen LogP contribution in [0.25, 0.3) is 0 Å². The van der Waals surface area contributed by atoms with Crippen LogP contribution in [0.2, 0.25) is 5.02 Å². The van der Waals surface area contributed by atoms with E-state index >= 15 is 0 Å². The fourth-order valence-electron chi connectivity index (χ4n) is 2.85. The van der Waals surface area contributed by atoms with E-state index in [0.29, 0.717) is 17.8 Å². The van der Waals surface area contributed by atoms with Crippen molar-refractivity contribution in [3.05, 3.63) is 88.9 Å². The summed E-state index contributed by atoms with van der Waals surface area (Å²) in [4.78, 5) is 24.9. The summed E-state index contributed by atoms with van der Waals surface area (Å²) >= 11 is 6.20. The average molecular weight is 472 g/mol. The molecule has 0 atom stereocenters. The minimum absolute atomic E-state index is 0.118. The molecule has 3 N–H and O–H groups in total. The lowest BCUT2D eigenvalue weighted by Crippen LogP contribution is -2.24. The van der Waals surface area contributed by atoms with E-state index in [4.69, 9.17) is 11.6 Å². The number of halogens is 1. The van der Waals surface area contributed by atoms with Crippen LogP contribution >= 0.6 is 11.6 Å². The molecule has 0 saturated carbocycles. The van der Waals surface area contributed by atoms with Crippen molar-refractivity contribution in [2.45, 2.75) is 18.2 Å². The summed E-state index contributed by atoms with van der Waals surface area (Å²) in [5, 5.41) is 5.65. The molecule has 3 aromatic carbocycles. The largest absolute Gasteiger partial charge is 0.352 e. The summed E-state index contributed by atoms with van der Waals surface area (Å²) in [6.45, 7) is 2.49. The number of carbonyl (C=O) groups is 2. The fourth-order valence-corrected chi connectivity index (χ4v) is 4.19. The highest BCUT2D eigenvalue weighted by Gasteiger charge is 2.15. The molecule has 32 heavy (non-hydrogen) atoms. The van der Waals surface area contributed by atoms with E-state index in [2.05, 4.69) is 15.4 Å². The second kappa shape index (κ2) is 10.3. The maximum Gasteiger partial charge on any atom is 0.261 e. The van der Waals surface area contributed by atoms with Crippen LogP contribution in [0.1, 0.15) is 34.1 Å². The number of hydrogen-bond donors (Lipinski definition) is 3. The van der Waals surface area contributed by atoms with Gasteiger partial charge in [0.1, 0.15) is 0 Å². The third-order valence-electron chi connectivity index (χ3n) is 4.44. The van der Waals surface area contributed by atoms with Gasteiger partial charge in [-0.3, -0.25) is 14.3 Å². The molecule has 0 fully saturated rings. The van der Waals surface area contributed by atoms with E-state index in [9.17, 15) is 18.0 Å². The molecular weight excluding hydrogens is 450 g/mol. The summed E-state index contributed by atoms with van der Waals surface area (Å²) in [7, 11) is -3.78. The van der Waals surface area contributed by atoms with E-state index in [1.165, 1.54) is 30.3 Å². The van der Waals surface area contributed by atoms with Gasteiger partial charge in [0.05, 0.1) is 15.5 Å². The van der Waals surface area contributed by atoms with Crippen LogP contribution in [0.5, 0.6) is 0 Å². The molecule has 0 heterocycles. The summed E-state index contributed by atoms with van der Waals surface area (Å²) in [5.74, 6) is -0.738. The van der Waals surface area contributed by atoms with Crippen molar-refractivity contribution in [3.63, 3.8) is 0 Å². The third-order valence-corrected chi connectivity index (χ3v) is 6.15. The molecule has 0 aromatic heterocycles. The number of amides is 2. The Kier molecular flexibility index (Phi) is 7.50. The van der Waals surface area contributed by atoms with Crippen molar-refractivity contribution in [1.29, 1.82) is 0 Å². The molecule has 3 aromatic rings. The SMILES string of the molecule is CCCNC(=O)c1ccc(NC(=O)c2cccc(NS(=O)(=O)c3ccccc3)c2)cc1Cl. The molecule has 7 nitrogen and oxygen atoms in total. The highest BCUT2D eigenvalue weighted by molar-refractivity contribution is 7.92. The molecule has 0 saturated heterocycles. The predicted octanol–water partition coefficient (Wildman–Crippen LogP) is 4.53. The van der Waals surface area contributed by atoms with Gasteiger partial charge in [-0.05, 0) is 55.0 Å². The average Bonchev–Trinajstić information content (AvgIpc) is 2.78. The lowest BCUT2D eigenvalue weighted by molar-refractivity contribution is 0.0953. The van der Waals surface area contributed by atoms with Crippen LogP contribution in [-0.4, -0.2) is 26.8 Å². The molecule has 3 rings (SSSR count). The van der Waals surface area contributed by atoms with Gasteiger partial charge >= 0.3 is 0 Å². The maximum absolute atomic E-state index is 12.7.